The number of ether oxygens (including phenoxy) is 2. The third-order valence-corrected chi connectivity index (χ3v) is 4.30. The molecular formula is C17H25NO3. The summed E-state index contributed by atoms with van der Waals surface area (Å²) >= 11 is 0. The van der Waals surface area contributed by atoms with Crippen LogP contribution in [0.3, 0.4) is 0 Å². The first-order valence-electron chi connectivity index (χ1n) is 7.34. The molecule has 0 radical (unpaired) electrons. The largest absolute Gasteiger partial charge is 0.497 e. The van der Waals surface area contributed by atoms with Gasteiger partial charge in [-0.3, -0.25) is 4.79 Å². The van der Waals surface area contributed by atoms with Crippen molar-refractivity contribution in [2.24, 2.45) is 11.3 Å². The maximum absolute atomic E-state index is 12.1. The molecule has 0 spiro atoms. The van der Waals surface area contributed by atoms with Gasteiger partial charge < -0.3 is 14.8 Å². The summed E-state index contributed by atoms with van der Waals surface area (Å²) in [5.41, 5.74) is 1.20. The van der Waals surface area contributed by atoms with E-state index >= 15 is 0 Å². The molecule has 1 fully saturated rings. The molecule has 1 aliphatic rings. The second-order valence-corrected chi connectivity index (χ2v) is 6.70. The van der Waals surface area contributed by atoms with Crippen molar-refractivity contribution >= 4 is 5.97 Å². The van der Waals surface area contributed by atoms with Crippen LogP contribution in [0.15, 0.2) is 24.3 Å². The topological polar surface area (TPSA) is 47.6 Å². The lowest BCUT2D eigenvalue weighted by Gasteiger charge is -2.27. The summed E-state index contributed by atoms with van der Waals surface area (Å²) in [4.78, 5) is 12.1. The van der Waals surface area contributed by atoms with Crippen LogP contribution in [0.25, 0.3) is 0 Å². The fourth-order valence-electron chi connectivity index (χ4n) is 2.92. The highest BCUT2D eigenvalue weighted by Gasteiger charge is 2.43. The quantitative estimate of drug-likeness (QED) is 0.870. The summed E-state index contributed by atoms with van der Waals surface area (Å²) in [7, 11) is 3.10. The zero-order valence-corrected chi connectivity index (χ0v) is 13.5. The number of methoxy groups -OCH3 is 2. The molecule has 116 valence electrons. The normalized spacial score (nSPS) is 25.7. The van der Waals surface area contributed by atoms with Crippen molar-refractivity contribution in [3.63, 3.8) is 0 Å². The number of nitrogens with one attached hydrogen (secondary N) is 1. The lowest BCUT2D eigenvalue weighted by Crippen LogP contribution is -2.36. The van der Waals surface area contributed by atoms with Crippen molar-refractivity contribution in [2.45, 2.75) is 39.3 Å². The Morgan fingerprint density at radius 3 is 2.29 bits per heavy atom. The predicted molar refractivity (Wildman–Crippen MR) is 82.2 cm³/mol. The first-order valence-corrected chi connectivity index (χ1v) is 7.34. The van der Waals surface area contributed by atoms with E-state index in [1.165, 1.54) is 7.11 Å². The highest BCUT2D eigenvalue weighted by Crippen LogP contribution is 2.39. The Morgan fingerprint density at radius 2 is 1.81 bits per heavy atom. The van der Waals surface area contributed by atoms with E-state index in [0.717, 1.165) is 17.7 Å². The van der Waals surface area contributed by atoms with Gasteiger partial charge in [-0.1, -0.05) is 32.9 Å². The van der Waals surface area contributed by atoms with Gasteiger partial charge >= 0.3 is 5.97 Å². The molecule has 1 aliphatic heterocycles. The average Bonchev–Trinajstić information content (AvgIpc) is 2.91. The molecule has 1 N–H and O–H groups in total. The van der Waals surface area contributed by atoms with Gasteiger partial charge in [0.05, 0.1) is 20.1 Å². The molecule has 1 heterocycles. The van der Waals surface area contributed by atoms with E-state index in [1.807, 2.05) is 24.3 Å². The molecule has 0 saturated carbocycles. The van der Waals surface area contributed by atoms with Crippen LogP contribution in [0.2, 0.25) is 0 Å². The minimum atomic E-state index is -0.146. The van der Waals surface area contributed by atoms with E-state index in [9.17, 15) is 4.79 Å². The molecular weight excluding hydrogens is 266 g/mol. The lowest BCUT2D eigenvalue weighted by atomic mass is 9.83. The Morgan fingerprint density at radius 1 is 1.19 bits per heavy atom. The predicted octanol–water partition coefficient (Wildman–Crippen LogP) is 2.93. The van der Waals surface area contributed by atoms with E-state index in [4.69, 9.17) is 9.47 Å². The summed E-state index contributed by atoms with van der Waals surface area (Å²) in [5.74, 6) is 0.529. The minimum Gasteiger partial charge on any atom is -0.497 e. The molecule has 0 amide bonds. The van der Waals surface area contributed by atoms with Gasteiger partial charge in [0, 0.05) is 12.1 Å². The van der Waals surface area contributed by atoms with Crippen molar-refractivity contribution in [1.82, 2.24) is 5.32 Å². The van der Waals surface area contributed by atoms with Crippen LogP contribution in [0.1, 0.15) is 38.8 Å². The van der Waals surface area contributed by atoms with Gasteiger partial charge in [0.15, 0.2) is 0 Å². The summed E-state index contributed by atoms with van der Waals surface area (Å²) in [6.45, 7) is 6.57. The Balaban J connectivity index is 2.26. The van der Waals surface area contributed by atoms with E-state index in [1.54, 1.807) is 7.11 Å². The molecule has 1 aromatic carbocycles. The fraction of sp³-hybridized carbons (Fsp3) is 0.588. The van der Waals surface area contributed by atoms with Crippen LogP contribution in [0.5, 0.6) is 5.75 Å². The van der Waals surface area contributed by atoms with Crippen LogP contribution in [-0.4, -0.2) is 26.2 Å². The Hall–Kier alpha value is -1.55. The van der Waals surface area contributed by atoms with Gasteiger partial charge in [0.1, 0.15) is 5.75 Å². The Labute approximate surface area is 126 Å². The van der Waals surface area contributed by atoms with Crippen LogP contribution in [0, 0.1) is 11.3 Å². The zero-order valence-electron chi connectivity index (χ0n) is 13.5. The van der Waals surface area contributed by atoms with Crippen molar-refractivity contribution < 1.29 is 14.3 Å². The van der Waals surface area contributed by atoms with Crippen molar-refractivity contribution in [1.29, 1.82) is 0 Å². The molecule has 0 aliphatic carbocycles. The summed E-state index contributed by atoms with van der Waals surface area (Å²) in [5, 5.41) is 3.61. The number of carbonyl (C=O) groups is 1. The van der Waals surface area contributed by atoms with Crippen LogP contribution in [0.4, 0.5) is 0 Å². The van der Waals surface area contributed by atoms with Gasteiger partial charge in [-0.05, 0) is 29.5 Å². The van der Waals surface area contributed by atoms with E-state index in [-0.39, 0.29) is 29.4 Å². The smallest absolute Gasteiger partial charge is 0.310 e. The third-order valence-electron chi connectivity index (χ3n) is 4.30. The number of esters is 1. The number of rotatable bonds is 3. The standard InChI is InChI=1S/C17H25NO3/c1-17(2,3)14-10-13(16(19)21-5)15(18-14)11-6-8-12(20-4)9-7-11/h6-9,13-15,18H,10H2,1-5H3/t13-,14-,15-/m0/s1. The summed E-state index contributed by atoms with van der Waals surface area (Å²) < 4.78 is 10.2. The Bertz CT molecular complexity index is 490. The molecule has 3 atom stereocenters. The maximum atomic E-state index is 12.1. The average molecular weight is 291 g/mol. The van der Waals surface area contributed by atoms with Crippen LogP contribution < -0.4 is 10.1 Å². The van der Waals surface area contributed by atoms with Crippen LogP contribution >= 0.6 is 0 Å². The first kappa shape index (κ1) is 15.8. The van der Waals surface area contributed by atoms with Gasteiger partial charge in [-0.2, -0.15) is 0 Å². The molecule has 0 bridgehead atoms. The molecule has 4 nitrogen and oxygen atoms in total. The number of carbonyl (C=O) groups excluding carboxylic acids is 1. The molecule has 4 heteroatoms. The van der Waals surface area contributed by atoms with Gasteiger partial charge in [-0.15, -0.1) is 0 Å². The first-order chi connectivity index (χ1) is 9.86. The molecule has 1 aromatic rings. The summed E-state index contributed by atoms with van der Waals surface area (Å²) in [6, 6.07) is 8.15. The van der Waals surface area contributed by atoms with Gasteiger partial charge in [0.25, 0.3) is 0 Å². The Kier molecular flexibility index (Phi) is 4.57. The van der Waals surface area contributed by atoms with Crippen LogP contribution in [-0.2, 0) is 9.53 Å². The monoisotopic (exact) mass is 291 g/mol. The molecule has 2 rings (SSSR count). The zero-order chi connectivity index (χ0) is 15.6. The highest BCUT2D eigenvalue weighted by molar-refractivity contribution is 5.74. The maximum Gasteiger partial charge on any atom is 0.310 e. The molecule has 0 unspecified atom stereocenters. The molecule has 21 heavy (non-hydrogen) atoms. The van der Waals surface area contributed by atoms with Crippen molar-refractivity contribution in [3.8, 4) is 5.75 Å². The number of hydrogen-bond acceptors (Lipinski definition) is 4. The SMILES string of the molecule is COC(=O)[C@H]1C[C@@H](C(C)(C)C)N[C@H]1c1ccc(OC)cc1. The third kappa shape index (κ3) is 3.38. The number of benzene rings is 1. The minimum absolute atomic E-state index is 0.00687. The second kappa shape index (κ2) is 6.06. The van der Waals surface area contributed by atoms with Crippen molar-refractivity contribution in [3.05, 3.63) is 29.8 Å². The van der Waals surface area contributed by atoms with Gasteiger partial charge in [0.2, 0.25) is 0 Å². The molecule has 0 aromatic heterocycles. The summed E-state index contributed by atoms with van der Waals surface area (Å²) in [6.07, 6.45) is 0.798. The lowest BCUT2D eigenvalue weighted by molar-refractivity contribution is -0.145. The van der Waals surface area contributed by atoms with Crippen molar-refractivity contribution in [2.75, 3.05) is 14.2 Å². The fourth-order valence-corrected chi connectivity index (χ4v) is 2.92. The second-order valence-electron chi connectivity index (χ2n) is 6.70. The van der Waals surface area contributed by atoms with E-state index in [2.05, 4.69) is 26.1 Å². The number of hydrogen-bond donors (Lipinski definition) is 1. The van der Waals surface area contributed by atoms with Gasteiger partial charge in [-0.25, -0.2) is 0 Å². The molecule has 1 saturated heterocycles. The van der Waals surface area contributed by atoms with E-state index < -0.39 is 0 Å². The highest BCUT2D eigenvalue weighted by atomic mass is 16.5. The van der Waals surface area contributed by atoms with E-state index in [0.29, 0.717) is 0 Å².